The Kier molecular flexibility index (Phi) is 8.50. The molecule has 1 saturated heterocycles. The number of likely N-dealkylation sites (tertiary alicyclic amines) is 1. The third kappa shape index (κ3) is 4.97. The van der Waals surface area contributed by atoms with Gasteiger partial charge in [0.2, 0.25) is 5.91 Å². The summed E-state index contributed by atoms with van der Waals surface area (Å²) in [5.41, 5.74) is -0.265. The van der Waals surface area contributed by atoms with Crippen LogP contribution in [0.2, 0.25) is 0 Å². The summed E-state index contributed by atoms with van der Waals surface area (Å²) in [5, 5.41) is 33.5. The van der Waals surface area contributed by atoms with Gasteiger partial charge in [0.1, 0.15) is 0 Å². The number of fused-ring (bicyclic) bond motifs is 5. The summed E-state index contributed by atoms with van der Waals surface area (Å²) < 4.78 is 32.2. The zero-order valence-electron chi connectivity index (χ0n) is 24.9. The van der Waals surface area contributed by atoms with Crippen molar-refractivity contribution in [3.63, 3.8) is 0 Å². The summed E-state index contributed by atoms with van der Waals surface area (Å²) in [6.45, 7) is 9.73. The van der Waals surface area contributed by atoms with Crippen LogP contribution in [0.5, 0.6) is 0 Å². The number of aliphatic hydroxyl groups is 3. The van der Waals surface area contributed by atoms with E-state index in [4.69, 9.17) is 0 Å². The van der Waals surface area contributed by atoms with Crippen molar-refractivity contribution >= 4 is 16.0 Å². The molecule has 0 bridgehead atoms. The second-order valence-corrected chi connectivity index (χ2v) is 16.5. The van der Waals surface area contributed by atoms with Crippen LogP contribution in [0, 0.1) is 52.3 Å². The molecule has 9 heteroatoms. The van der Waals surface area contributed by atoms with E-state index in [9.17, 15) is 33.1 Å². The highest BCUT2D eigenvalue weighted by Crippen LogP contribution is 2.69. The van der Waals surface area contributed by atoms with Gasteiger partial charge in [0.05, 0.1) is 23.6 Å². The van der Waals surface area contributed by atoms with Crippen LogP contribution in [0.25, 0.3) is 0 Å². The van der Waals surface area contributed by atoms with Crippen LogP contribution in [0.3, 0.4) is 0 Å². The quantitative estimate of drug-likeness (QED) is 0.349. The summed E-state index contributed by atoms with van der Waals surface area (Å²) in [4.78, 5) is 14.7. The Morgan fingerprint density at radius 1 is 0.975 bits per heavy atom. The minimum Gasteiger partial charge on any atom is -0.393 e. The molecule has 4 N–H and O–H groups in total. The van der Waals surface area contributed by atoms with E-state index in [1.165, 1.54) is 0 Å². The molecule has 5 rings (SSSR count). The van der Waals surface area contributed by atoms with Crippen LogP contribution >= 0.6 is 0 Å². The number of hydrogen-bond acceptors (Lipinski definition) is 6. The van der Waals surface area contributed by atoms with Crippen molar-refractivity contribution in [2.75, 3.05) is 13.1 Å². The summed E-state index contributed by atoms with van der Waals surface area (Å²) in [5.74, 6) is 1.70. The monoisotopic (exact) mass is 583 g/mol. The van der Waals surface area contributed by atoms with Gasteiger partial charge < -0.3 is 20.2 Å². The van der Waals surface area contributed by atoms with E-state index in [0.717, 1.165) is 44.9 Å². The average molecular weight is 584 g/mol. The van der Waals surface area contributed by atoms with Crippen LogP contribution in [0.15, 0.2) is 0 Å². The van der Waals surface area contributed by atoms with Crippen molar-refractivity contribution < 1.29 is 33.1 Å². The van der Waals surface area contributed by atoms with Crippen LogP contribution in [-0.4, -0.2) is 75.7 Å². The van der Waals surface area contributed by atoms with Gasteiger partial charge in [-0.1, -0.05) is 34.1 Å². The minimum atomic E-state index is -4.06. The highest BCUT2D eigenvalue weighted by atomic mass is 32.2. The molecule has 5 fully saturated rings. The van der Waals surface area contributed by atoms with E-state index in [-0.39, 0.29) is 71.2 Å². The van der Waals surface area contributed by atoms with Gasteiger partial charge in [-0.2, -0.15) is 8.42 Å². The zero-order valence-corrected chi connectivity index (χ0v) is 25.7. The van der Waals surface area contributed by atoms with Crippen LogP contribution < -0.4 is 0 Å². The maximum Gasteiger partial charge on any atom is 0.267 e. The Balaban J connectivity index is 1.28. The molecule has 12 unspecified atom stereocenters. The lowest BCUT2D eigenvalue weighted by Crippen LogP contribution is -2.65. The Morgan fingerprint density at radius 3 is 2.27 bits per heavy atom. The topological polar surface area (TPSA) is 135 Å². The van der Waals surface area contributed by atoms with E-state index in [1.54, 1.807) is 4.90 Å². The molecule has 4 saturated carbocycles. The van der Waals surface area contributed by atoms with Crippen molar-refractivity contribution in [3.8, 4) is 0 Å². The van der Waals surface area contributed by atoms with E-state index < -0.39 is 27.6 Å². The fourth-order valence-corrected chi connectivity index (χ4v) is 11.8. The number of amides is 1. The number of piperidine rings is 1. The number of nitrogens with zero attached hydrogens (tertiary/aromatic N) is 1. The highest BCUT2D eigenvalue weighted by Gasteiger charge is 2.67. The molecule has 8 nitrogen and oxygen atoms in total. The lowest BCUT2D eigenvalue weighted by atomic mass is 9.41. The molecule has 40 heavy (non-hydrogen) atoms. The van der Waals surface area contributed by atoms with Crippen molar-refractivity contribution in [1.82, 2.24) is 4.90 Å². The first-order chi connectivity index (χ1) is 18.7. The number of rotatable bonds is 6. The zero-order chi connectivity index (χ0) is 29.2. The van der Waals surface area contributed by atoms with Gasteiger partial charge in [0.25, 0.3) is 10.1 Å². The number of aliphatic hydroxyl groups excluding tert-OH is 3. The molecular formula is C31H53NO7S. The molecule has 0 radical (unpaired) electrons. The Bertz CT molecular complexity index is 1040. The highest BCUT2D eigenvalue weighted by molar-refractivity contribution is 7.86. The van der Waals surface area contributed by atoms with Crippen LogP contribution in [0.1, 0.15) is 98.3 Å². The predicted molar refractivity (Wildman–Crippen MR) is 153 cm³/mol. The molecule has 0 aromatic rings. The summed E-state index contributed by atoms with van der Waals surface area (Å²) >= 11 is 0. The molecule has 0 aromatic carbocycles. The molecule has 1 amide bonds. The molecule has 1 aliphatic heterocycles. The molecule has 4 aliphatic carbocycles. The number of carbonyl (C=O) groups is 1. The molecular weight excluding hydrogens is 530 g/mol. The van der Waals surface area contributed by atoms with Gasteiger partial charge in [0.15, 0.2) is 0 Å². The fourth-order valence-electron chi connectivity index (χ4n) is 11.0. The lowest BCUT2D eigenvalue weighted by Gasteiger charge is -2.65. The van der Waals surface area contributed by atoms with E-state index in [1.807, 2.05) is 0 Å². The molecule has 5 aliphatic rings. The van der Waals surface area contributed by atoms with Crippen molar-refractivity contribution in [3.05, 3.63) is 0 Å². The van der Waals surface area contributed by atoms with Gasteiger partial charge in [0, 0.05) is 19.5 Å². The average Bonchev–Trinajstić information content (AvgIpc) is 3.27. The SMILES string of the molecule is CCC1C(O)C2C(CC(O)C3(C)C(C(C)CCC(=O)N4CCC(S(=O)(=O)O)CC4)CCC23)C2(C)CCC(O)CC12. The first-order valence-electron chi connectivity index (χ1n) is 16.0. The molecule has 230 valence electrons. The Morgan fingerprint density at radius 2 is 1.65 bits per heavy atom. The fraction of sp³-hybridized carbons (Fsp3) is 0.968. The minimum absolute atomic E-state index is 0.0328. The Labute approximate surface area is 241 Å². The third-order valence-corrected chi connectivity index (χ3v) is 14.6. The molecule has 12 atom stereocenters. The second-order valence-electron chi connectivity index (χ2n) is 14.8. The van der Waals surface area contributed by atoms with Crippen molar-refractivity contribution in [2.45, 2.75) is 122 Å². The summed E-state index contributed by atoms with van der Waals surface area (Å²) in [6.07, 6.45) is 6.68. The second kappa shape index (κ2) is 11.1. The van der Waals surface area contributed by atoms with E-state index in [2.05, 4.69) is 27.7 Å². The number of carbonyl (C=O) groups excluding carboxylic acids is 1. The van der Waals surface area contributed by atoms with E-state index in [0.29, 0.717) is 31.8 Å². The van der Waals surface area contributed by atoms with Crippen molar-refractivity contribution in [1.29, 1.82) is 0 Å². The predicted octanol–water partition coefficient (Wildman–Crippen LogP) is 3.88. The van der Waals surface area contributed by atoms with Crippen LogP contribution in [-0.2, 0) is 14.9 Å². The largest absolute Gasteiger partial charge is 0.393 e. The smallest absolute Gasteiger partial charge is 0.267 e. The number of hydrogen-bond donors (Lipinski definition) is 4. The van der Waals surface area contributed by atoms with Gasteiger partial charge in [-0.15, -0.1) is 0 Å². The van der Waals surface area contributed by atoms with Crippen molar-refractivity contribution in [2.24, 2.45) is 52.3 Å². The lowest BCUT2D eigenvalue weighted by molar-refractivity contribution is -0.228. The van der Waals surface area contributed by atoms with Gasteiger partial charge in [-0.3, -0.25) is 9.35 Å². The molecule has 1 heterocycles. The first-order valence-corrected chi connectivity index (χ1v) is 17.5. The van der Waals surface area contributed by atoms with Gasteiger partial charge in [-0.25, -0.2) is 0 Å². The van der Waals surface area contributed by atoms with Crippen LogP contribution in [0.4, 0.5) is 0 Å². The summed E-state index contributed by atoms with van der Waals surface area (Å²) in [7, 11) is -4.06. The van der Waals surface area contributed by atoms with Gasteiger partial charge >= 0.3 is 0 Å². The third-order valence-electron chi connectivity index (χ3n) is 13.3. The van der Waals surface area contributed by atoms with Gasteiger partial charge in [-0.05, 0) is 110 Å². The Hall–Kier alpha value is -0.740. The molecule has 0 spiro atoms. The first kappa shape index (κ1) is 30.7. The normalized spacial score (nSPS) is 46.8. The maximum atomic E-state index is 13.0. The summed E-state index contributed by atoms with van der Waals surface area (Å²) in [6, 6.07) is 0. The van der Waals surface area contributed by atoms with E-state index >= 15 is 0 Å². The maximum absolute atomic E-state index is 13.0. The standard InChI is InChI=1S/C31H53NO7S/c1-5-21-24-16-19(33)10-13-30(24,3)25-17-26(34)31(4)22(7-8-23(31)28(25)29(21)36)18(2)6-9-27(35)32-14-11-20(12-15-32)40(37,38)39/h18-26,28-29,33-34,36H,5-17H2,1-4H3,(H,37,38,39). The molecule has 0 aromatic heterocycles.